The molecule has 0 rings (SSSR count). The molecule has 0 aliphatic carbocycles. The quantitative estimate of drug-likeness (QED) is 0.623. The zero-order chi connectivity index (χ0) is 10.3. The monoisotopic (exact) mass is 188 g/mol. The lowest BCUT2D eigenvalue weighted by Crippen LogP contribution is -2.44. The largest absolute Gasteiger partial charge is 0.385 e. The van der Waals surface area contributed by atoms with Crippen LogP contribution in [0.3, 0.4) is 0 Å². The van der Waals surface area contributed by atoms with Gasteiger partial charge in [-0.1, -0.05) is 0 Å². The summed E-state index contributed by atoms with van der Waals surface area (Å²) >= 11 is 0. The average Bonchev–Trinajstić information content (AvgIpc) is 2.13. The lowest BCUT2D eigenvalue weighted by Gasteiger charge is -2.18. The van der Waals surface area contributed by atoms with Crippen molar-refractivity contribution in [3.05, 3.63) is 0 Å². The Bertz CT molecular complexity index is 151. The fourth-order valence-corrected chi connectivity index (χ4v) is 1.10. The number of carbonyl (C=O) groups excluding carboxylic acids is 1. The van der Waals surface area contributed by atoms with E-state index in [9.17, 15) is 4.79 Å². The second kappa shape index (κ2) is 6.86. The molecule has 1 amide bonds. The third-order valence-corrected chi connectivity index (χ3v) is 1.93. The highest BCUT2D eigenvalue weighted by Crippen LogP contribution is 1.93. The van der Waals surface area contributed by atoms with Gasteiger partial charge in [-0.2, -0.15) is 0 Å². The Morgan fingerprint density at radius 1 is 1.46 bits per heavy atom. The number of ether oxygens (including phenoxy) is 1. The van der Waals surface area contributed by atoms with Crippen molar-refractivity contribution in [2.75, 3.05) is 20.8 Å². The summed E-state index contributed by atoms with van der Waals surface area (Å²) in [5, 5.41) is 5.77. The van der Waals surface area contributed by atoms with Gasteiger partial charge in [0.25, 0.3) is 0 Å². The van der Waals surface area contributed by atoms with Gasteiger partial charge in [-0.3, -0.25) is 4.79 Å². The van der Waals surface area contributed by atoms with Crippen LogP contribution in [0.2, 0.25) is 0 Å². The average molecular weight is 188 g/mol. The molecule has 0 aromatic heterocycles. The number of hydrogen-bond acceptors (Lipinski definition) is 3. The van der Waals surface area contributed by atoms with Crippen LogP contribution >= 0.6 is 0 Å². The molecule has 1 unspecified atom stereocenters. The smallest absolute Gasteiger partial charge is 0.236 e. The van der Waals surface area contributed by atoms with Crippen LogP contribution in [-0.4, -0.2) is 38.8 Å². The first-order valence-electron chi connectivity index (χ1n) is 4.58. The highest BCUT2D eigenvalue weighted by atomic mass is 16.5. The minimum atomic E-state index is -0.142. The minimum Gasteiger partial charge on any atom is -0.385 e. The molecule has 0 saturated carbocycles. The van der Waals surface area contributed by atoms with E-state index in [0.29, 0.717) is 12.6 Å². The van der Waals surface area contributed by atoms with Crippen molar-refractivity contribution in [3.8, 4) is 0 Å². The zero-order valence-corrected chi connectivity index (χ0v) is 8.89. The number of methoxy groups -OCH3 is 1. The normalized spacial score (nSPS) is 15.1. The molecule has 0 heterocycles. The molecule has 0 spiro atoms. The maximum Gasteiger partial charge on any atom is 0.236 e. The van der Waals surface area contributed by atoms with Gasteiger partial charge in [0, 0.05) is 26.8 Å². The summed E-state index contributed by atoms with van der Waals surface area (Å²) in [6.07, 6.45) is 0.915. The minimum absolute atomic E-state index is 0.0178. The molecular weight excluding hydrogens is 168 g/mol. The number of amides is 1. The van der Waals surface area contributed by atoms with Crippen molar-refractivity contribution in [1.29, 1.82) is 0 Å². The Labute approximate surface area is 80.0 Å². The zero-order valence-electron chi connectivity index (χ0n) is 8.89. The summed E-state index contributed by atoms with van der Waals surface area (Å²) in [5.74, 6) is 0.0178. The van der Waals surface area contributed by atoms with Gasteiger partial charge >= 0.3 is 0 Å². The molecule has 4 nitrogen and oxygen atoms in total. The maximum absolute atomic E-state index is 11.1. The molecule has 0 aromatic carbocycles. The molecule has 0 saturated heterocycles. The molecular formula is C9H20N2O2. The SMILES string of the molecule is CNC(=O)[C@@H](C)NC(C)CCOC. The Morgan fingerprint density at radius 3 is 2.54 bits per heavy atom. The lowest BCUT2D eigenvalue weighted by molar-refractivity contribution is -0.122. The van der Waals surface area contributed by atoms with Crippen molar-refractivity contribution < 1.29 is 9.53 Å². The Hall–Kier alpha value is -0.610. The number of likely N-dealkylation sites (N-methyl/N-ethyl adjacent to an activating group) is 1. The van der Waals surface area contributed by atoms with E-state index in [0.717, 1.165) is 6.42 Å². The molecule has 0 aromatic rings. The van der Waals surface area contributed by atoms with E-state index < -0.39 is 0 Å². The molecule has 0 fully saturated rings. The highest BCUT2D eigenvalue weighted by molar-refractivity contribution is 5.80. The third-order valence-electron chi connectivity index (χ3n) is 1.93. The van der Waals surface area contributed by atoms with Crippen LogP contribution in [0.4, 0.5) is 0 Å². The fraction of sp³-hybridized carbons (Fsp3) is 0.889. The van der Waals surface area contributed by atoms with Gasteiger partial charge in [0.1, 0.15) is 0 Å². The topological polar surface area (TPSA) is 50.4 Å². The van der Waals surface area contributed by atoms with E-state index in [2.05, 4.69) is 10.6 Å². The lowest BCUT2D eigenvalue weighted by atomic mass is 10.2. The van der Waals surface area contributed by atoms with Crippen LogP contribution in [-0.2, 0) is 9.53 Å². The molecule has 0 bridgehead atoms. The first-order valence-corrected chi connectivity index (χ1v) is 4.58. The summed E-state index contributed by atoms with van der Waals surface area (Å²) in [5.41, 5.74) is 0. The van der Waals surface area contributed by atoms with Crippen LogP contribution in [0.15, 0.2) is 0 Å². The van der Waals surface area contributed by atoms with Crippen molar-refractivity contribution in [3.63, 3.8) is 0 Å². The molecule has 78 valence electrons. The van der Waals surface area contributed by atoms with Gasteiger partial charge in [0.2, 0.25) is 5.91 Å². The van der Waals surface area contributed by atoms with Crippen molar-refractivity contribution in [1.82, 2.24) is 10.6 Å². The van der Waals surface area contributed by atoms with Crippen molar-refractivity contribution in [2.24, 2.45) is 0 Å². The van der Waals surface area contributed by atoms with E-state index in [1.165, 1.54) is 0 Å². The summed E-state index contributed by atoms with van der Waals surface area (Å²) in [4.78, 5) is 11.1. The Kier molecular flexibility index (Phi) is 6.54. The number of nitrogens with one attached hydrogen (secondary N) is 2. The fourth-order valence-electron chi connectivity index (χ4n) is 1.10. The van der Waals surface area contributed by atoms with Gasteiger partial charge in [-0.25, -0.2) is 0 Å². The van der Waals surface area contributed by atoms with E-state index in [1.54, 1.807) is 14.2 Å². The molecule has 0 radical (unpaired) electrons. The van der Waals surface area contributed by atoms with E-state index >= 15 is 0 Å². The van der Waals surface area contributed by atoms with Crippen LogP contribution < -0.4 is 10.6 Å². The van der Waals surface area contributed by atoms with Crippen molar-refractivity contribution >= 4 is 5.91 Å². The summed E-state index contributed by atoms with van der Waals surface area (Å²) in [6, 6.07) is 0.157. The van der Waals surface area contributed by atoms with Gasteiger partial charge < -0.3 is 15.4 Å². The number of hydrogen-bond donors (Lipinski definition) is 2. The molecule has 2 atom stereocenters. The van der Waals surface area contributed by atoms with Gasteiger partial charge in [-0.15, -0.1) is 0 Å². The second-order valence-electron chi connectivity index (χ2n) is 3.19. The van der Waals surface area contributed by atoms with E-state index in [1.807, 2.05) is 13.8 Å². The Balaban J connectivity index is 3.64. The van der Waals surface area contributed by atoms with E-state index in [4.69, 9.17) is 4.74 Å². The predicted octanol–water partition coefficient (Wildman–Crippen LogP) is 0.135. The van der Waals surface area contributed by atoms with Crippen LogP contribution in [0, 0.1) is 0 Å². The Morgan fingerprint density at radius 2 is 2.08 bits per heavy atom. The van der Waals surface area contributed by atoms with Gasteiger partial charge in [0.15, 0.2) is 0 Å². The summed E-state index contributed by atoms with van der Waals surface area (Å²) in [7, 11) is 3.31. The van der Waals surface area contributed by atoms with Crippen LogP contribution in [0.1, 0.15) is 20.3 Å². The van der Waals surface area contributed by atoms with Crippen LogP contribution in [0.5, 0.6) is 0 Å². The molecule has 2 N–H and O–H groups in total. The standard InChI is InChI=1S/C9H20N2O2/c1-7(5-6-13-4)11-8(2)9(12)10-3/h7-8,11H,5-6H2,1-4H3,(H,10,12)/t7?,8-/m1/s1. The predicted molar refractivity (Wildman–Crippen MR) is 52.6 cm³/mol. The molecule has 13 heavy (non-hydrogen) atoms. The van der Waals surface area contributed by atoms with Crippen molar-refractivity contribution in [2.45, 2.75) is 32.4 Å². The molecule has 4 heteroatoms. The summed E-state index contributed by atoms with van der Waals surface area (Å²) < 4.78 is 4.94. The number of rotatable bonds is 6. The number of carbonyl (C=O) groups is 1. The van der Waals surface area contributed by atoms with Gasteiger partial charge in [0.05, 0.1) is 6.04 Å². The molecule has 0 aliphatic heterocycles. The first kappa shape index (κ1) is 12.4. The van der Waals surface area contributed by atoms with E-state index in [-0.39, 0.29) is 11.9 Å². The maximum atomic E-state index is 11.1. The third kappa shape index (κ3) is 5.60. The van der Waals surface area contributed by atoms with Gasteiger partial charge in [-0.05, 0) is 20.3 Å². The molecule has 0 aliphatic rings. The van der Waals surface area contributed by atoms with Crippen LogP contribution in [0.25, 0.3) is 0 Å². The summed E-state index contributed by atoms with van der Waals surface area (Å²) in [6.45, 7) is 4.61. The first-order chi connectivity index (χ1) is 6.11. The second-order valence-corrected chi connectivity index (χ2v) is 3.19. The highest BCUT2D eigenvalue weighted by Gasteiger charge is 2.12.